The normalized spacial score (nSPS) is 16.7. The summed E-state index contributed by atoms with van der Waals surface area (Å²) in [6.07, 6.45) is -4.14. The number of anilines is 1. The van der Waals surface area contributed by atoms with E-state index in [0.717, 1.165) is 0 Å². The van der Waals surface area contributed by atoms with Crippen molar-refractivity contribution in [3.05, 3.63) is 53.9 Å². The van der Waals surface area contributed by atoms with Gasteiger partial charge in [-0.2, -0.15) is 22.0 Å². The largest absolute Gasteiger partial charge is 0.453 e. The molecule has 0 radical (unpaired) electrons. The molecule has 0 amide bonds. The average molecular weight is 440 g/mol. The van der Waals surface area contributed by atoms with Crippen LogP contribution in [0, 0.1) is 0 Å². The molecule has 0 saturated carbocycles. The van der Waals surface area contributed by atoms with E-state index in [1.807, 2.05) is 6.07 Å². The minimum absolute atomic E-state index is 0.00652. The van der Waals surface area contributed by atoms with Gasteiger partial charge in [0.2, 0.25) is 10.0 Å². The molecule has 1 aliphatic heterocycles. The Kier molecular flexibility index (Phi) is 5.36. The molecule has 160 valence electrons. The van der Waals surface area contributed by atoms with Crippen LogP contribution in [0.25, 0.3) is 5.65 Å². The third-order valence-electron chi connectivity index (χ3n) is 4.87. The van der Waals surface area contributed by atoms with E-state index in [2.05, 4.69) is 15.3 Å². The summed E-state index contributed by atoms with van der Waals surface area (Å²) in [6.45, 7) is 1.35. The highest BCUT2D eigenvalue weighted by atomic mass is 32.2. The monoisotopic (exact) mass is 440 g/mol. The number of hydrogen-bond donors (Lipinski definition) is 0. The smallest absolute Gasteiger partial charge is 0.354 e. The Morgan fingerprint density at radius 2 is 1.70 bits per heavy atom. The van der Waals surface area contributed by atoms with Crippen LogP contribution in [0.4, 0.5) is 19.0 Å². The molecule has 8 nitrogen and oxygen atoms in total. The summed E-state index contributed by atoms with van der Waals surface area (Å²) in [5.41, 5.74) is 0.700. The van der Waals surface area contributed by atoms with Crippen LogP contribution in [0.3, 0.4) is 0 Å². The van der Waals surface area contributed by atoms with Crippen molar-refractivity contribution < 1.29 is 21.6 Å². The molecule has 0 spiro atoms. The van der Waals surface area contributed by atoms with Gasteiger partial charge in [-0.05, 0) is 24.1 Å². The Morgan fingerprint density at radius 3 is 2.43 bits per heavy atom. The van der Waals surface area contributed by atoms with Gasteiger partial charge in [-0.1, -0.05) is 30.3 Å². The second-order valence-electron chi connectivity index (χ2n) is 6.96. The Bertz CT molecular complexity index is 1130. The van der Waals surface area contributed by atoms with Crippen molar-refractivity contribution in [2.45, 2.75) is 18.3 Å². The lowest BCUT2D eigenvalue weighted by atomic mass is 10.2. The van der Waals surface area contributed by atoms with Gasteiger partial charge in [0.15, 0.2) is 5.65 Å². The SMILES string of the molecule is O=S(=O)(Cc1ccccc1)N1CCCN(c2ccc3nnc(C(F)(F)F)n3n2)CC1. The highest BCUT2D eigenvalue weighted by molar-refractivity contribution is 7.88. The van der Waals surface area contributed by atoms with E-state index in [-0.39, 0.29) is 17.9 Å². The predicted octanol–water partition coefficient (Wildman–Crippen LogP) is 2.19. The summed E-state index contributed by atoms with van der Waals surface area (Å²) >= 11 is 0. The molecule has 0 unspecified atom stereocenters. The molecule has 1 fully saturated rings. The zero-order valence-electron chi connectivity index (χ0n) is 15.8. The molecule has 12 heteroatoms. The summed E-state index contributed by atoms with van der Waals surface area (Å²) in [4.78, 5) is 1.78. The molecule has 30 heavy (non-hydrogen) atoms. The summed E-state index contributed by atoms with van der Waals surface area (Å²) < 4.78 is 67.0. The van der Waals surface area contributed by atoms with Crippen LogP contribution in [0.1, 0.15) is 17.8 Å². The summed E-state index contributed by atoms with van der Waals surface area (Å²) in [5, 5.41) is 10.7. The first kappa shape index (κ1) is 20.5. The molecule has 0 atom stereocenters. The maximum Gasteiger partial charge on any atom is 0.453 e. The Hall–Kier alpha value is -2.73. The molecule has 2 aromatic heterocycles. The van der Waals surface area contributed by atoms with Crippen LogP contribution >= 0.6 is 0 Å². The van der Waals surface area contributed by atoms with Crippen molar-refractivity contribution in [3.8, 4) is 0 Å². The van der Waals surface area contributed by atoms with Gasteiger partial charge in [0.25, 0.3) is 5.82 Å². The molecule has 3 aromatic rings. The fraction of sp³-hybridized carbons (Fsp3) is 0.389. The summed E-state index contributed by atoms with van der Waals surface area (Å²) in [5.74, 6) is -0.968. The molecule has 3 heterocycles. The van der Waals surface area contributed by atoms with Crippen LogP contribution in [0.5, 0.6) is 0 Å². The molecule has 0 N–H and O–H groups in total. The third-order valence-corrected chi connectivity index (χ3v) is 6.72. The van der Waals surface area contributed by atoms with Gasteiger partial charge >= 0.3 is 6.18 Å². The minimum Gasteiger partial charge on any atom is -0.354 e. The first-order valence-corrected chi connectivity index (χ1v) is 10.9. The lowest BCUT2D eigenvalue weighted by Gasteiger charge is -2.22. The van der Waals surface area contributed by atoms with E-state index in [4.69, 9.17) is 0 Å². The molecule has 0 bridgehead atoms. The zero-order valence-corrected chi connectivity index (χ0v) is 16.6. The van der Waals surface area contributed by atoms with Crippen molar-refractivity contribution >= 4 is 21.5 Å². The minimum atomic E-state index is -4.67. The quantitative estimate of drug-likeness (QED) is 0.619. The zero-order chi connectivity index (χ0) is 21.4. The average Bonchev–Trinajstić information content (AvgIpc) is 2.96. The number of benzene rings is 1. The topological polar surface area (TPSA) is 83.7 Å². The van der Waals surface area contributed by atoms with Crippen LogP contribution in [-0.2, 0) is 22.0 Å². The number of sulfonamides is 1. The Balaban J connectivity index is 1.52. The van der Waals surface area contributed by atoms with Gasteiger partial charge in [0, 0.05) is 26.2 Å². The van der Waals surface area contributed by atoms with Crippen LogP contribution in [0.15, 0.2) is 42.5 Å². The van der Waals surface area contributed by atoms with Crippen LogP contribution in [0.2, 0.25) is 0 Å². The number of alkyl halides is 3. The van der Waals surface area contributed by atoms with Crippen LogP contribution in [-0.4, -0.2) is 58.7 Å². The van der Waals surface area contributed by atoms with Crippen LogP contribution < -0.4 is 4.90 Å². The van der Waals surface area contributed by atoms with Gasteiger partial charge in [-0.15, -0.1) is 15.3 Å². The van der Waals surface area contributed by atoms with Crippen molar-refractivity contribution in [1.82, 2.24) is 24.1 Å². The van der Waals surface area contributed by atoms with Crippen molar-refractivity contribution in [1.29, 1.82) is 0 Å². The van der Waals surface area contributed by atoms with E-state index < -0.39 is 22.0 Å². The van der Waals surface area contributed by atoms with E-state index in [9.17, 15) is 21.6 Å². The first-order valence-electron chi connectivity index (χ1n) is 9.30. The van der Waals surface area contributed by atoms with E-state index in [1.165, 1.54) is 10.4 Å². The third kappa shape index (κ3) is 4.24. The van der Waals surface area contributed by atoms with Gasteiger partial charge in [0.1, 0.15) is 5.82 Å². The van der Waals surface area contributed by atoms with E-state index in [0.29, 0.717) is 42.0 Å². The standard InChI is InChI=1S/C18H19F3N6O2S/c19-18(20,21)17-23-22-15-7-8-16(24-27(15)17)25-9-4-10-26(12-11-25)30(28,29)13-14-5-2-1-3-6-14/h1-3,5-8H,4,9-13H2. The van der Waals surface area contributed by atoms with E-state index >= 15 is 0 Å². The highest BCUT2D eigenvalue weighted by Crippen LogP contribution is 2.28. The second kappa shape index (κ2) is 7.84. The number of hydrogen-bond acceptors (Lipinski definition) is 6. The molecule has 4 rings (SSSR count). The number of rotatable bonds is 4. The second-order valence-corrected chi connectivity index (χ2v) is 8.93. The maximum atomic E-state index is 13.1. The molecule has 0 aliphatic carbocycles. The Labute approximate surface area is 171 Å². The maximum absolute atomic E-state index is 13.1. The fourth-order valence-corrected chi connectivity index (χ4v) is 4.97. The van der Waals surface area contributed by atoms with E-state index in [1.54, 1.807) is 35.2 Å². The van der Waals surface area contributed by atoms with Gasteiger partial charge in [0.05, 0.1) is 5.75 Å². The summed E-state index contributed by atoms with van der Waals surface area (Å²) in [7, 11) is -3.50. The number of nitrogens with zero attached hydrogens (tertiary/aromatic N) is 6. The molecule has 1 saturated heterocycles. The van der Waals surface area contributed by atoms with Crippen molar-refractivity contribution in [3.63, 3.8) is 0 Å². The number of fused-ring (bicyclic) bond motifs is 1. The first-order chi connectivity index (χ1) is 14.2. The van der Waals surface area contributed by atoms with Crippen molar-refractivity contribution in [2.24, 2.45) is 0 Å². The number of halogens is 3. The van der Waals surface area contributed by atoms with Gasteiger partial charge < -0.3 is 4.90 Å². The summed E-state index contributed by atoms with van der Waals surface area (Å²) in [6, 6.07) is 11.9. The number of aromatic nitrogens is 4. The highest BCUT2D eigenvalue weighted by Gasteiger charge is 2.38. The lowest BCUT2D eigenvalue weighted by molar-refractivity contribution is -0.146. The predicted molar refractivity (Wildman–Crippen MR) is 103 cm³/mol. The van der Waals surface area contributed by atoms with Gasteiger partial charge in [-0.3, -0.25) is 0 Å². The lowest BCUT2D eigenvalue weighted by Crippen LogP contribution is -2.36. The molecular formula is C18H19F3N6O2S. The Morgan fingerprint density at radius 1 is 0.933 bits per heavy atom. The molecule has 1 aliphatic rings. The molecular weight excluding hydrogens is 421 g/mol. The van der Waals surface area contributed by atoms with Crippen molar-refractivity contribution in [2.75, 3.05) is 31.1 Å². The molecule has 1 aromatic carbocycles. The fourth-order valence-electron chi connectivity index (χ4n) is 3.40. The van der Waals surface area contributed by atoms with Gasteiger partial charge in [-0.25, -0.2) is 8.42 Å².